The van der Waals surface area contributed by atoms with Crippen LogP contribution < -0.4 is 10.1 Å². The van der Waals surface area contributed by atoms with Crippen LogP contribution >= 0.6 is 12.4 Å². The summed E-state index contributed by atoms with van der Waals surface area (Å²) >= 11 is 0. The van der Waals surface area contributed by atoms with E-state index in [1.54, 1.807) is 11.8 Å². The van der Waals surface area contributed by atoms with Crippen LogP contribution in [0.2, 0.25) is 0 Å². The Kier molecular flexibility index (Phi) is 7.12. The number of methoxy groups -OCH3 is 1. The topological polar surface area (TPSA) is 62.6 Å². The van der Waals surface area contributed by atoms with Crippen molar-refractivity contribution in [2.24, 2.45) is 7.05 Å². The van der Waals surface area contributed by atoms with Crippen LogP contribution in [0.15, 0.2) is 0 Å². The molecule has 2 rings (SSSR count). The fraction of sp³-hybridized carbons (Fsp3) is 0.714. The van der Waals surface area contributed by atoms with Crippen molar-refractivity contribution in [2.45, 2.75) is 13.5 Å². The minimum absolute atomic E-state index is 0. The van der Waals surface area contributed by atoms with Gasteiger partial charge in [-0.1, -0.05) is 0 Å². The highest BCUT2D eigenvalue weighted by Gasteiger charge is 2.20. The molecule has 7 nitrogen and oxygen atoms in total. The van der Waals surface area contributed by atoms with Crippen molar-refractivity contribution in [3.63, 3.8) is 0 Å². The lowest BCUT2D eigenvalue weighted by molar-refractivity contribution is -0.132. The van der Waals surface area contributed by atoms with Crippen molar-refractivity contribution in [1.29, 1.82) is 0 Å². The Morgan fingerprint density at radius 3 is 2.64 bits per heavy atom. The van der Waals surface area contributed by atoms with Gasteiger partial charge in [0, 0.05) is 39.8 Å². The molecule has 0 bridgehead atoms. The summed E-state index contributed by atoms with van der Waals surface area (Å²) in [4.78, 5) is 16.2. The van der Waals surface area contributed by atoms with Gasteiger partial charge in [0.1, 0.15) is 0 Å². The molecule has 1 aromatic heterocycles. The largest absolute Gasteiger partial charge is 0.481 e. The van der Waals surface area contributed by atoms with Crippen LogP contribution in [0.5, 0.6) is 5.88 Å². The molecular weight excluding hydrogens is 306 g/mol. The standard InChI is InChI=1S/C14H25N5O2.ClH/c1-11-12(14(21-4)18(3)16-11)9-17(2)10-13(20)19-7-5-15-6-8-19;/h15H,5-10H2,1-4H3;1H. The van der Waals surface area contributed by atoms with E-state index in [2.05, 4.69) is 10.4 Å². The number of ether oxygens (including phenoxy) is 1. The van der Waals surface area contributed by atoms with E-state index in [9.17, 15) is 4.79 Å². The molecule has 1 fully saturated rings. The highest BCUT2D eigenvalue weighted by Crippen LogP contribution is 2.22. The molecule has 0 unspecified atom stereocenters. The van der Waals surface area contributed by atoms with Crippen molar-refractivity contribution < 1.29 is 9.53 Å². The second kappa shape index (κ2) is 8.36. The molecule has 1 N–H and O–H groups in total. The zero-order valence-corrected chi connectivity index (χ0v) is 14.6. The van der Waals surface area contributed by atoms with Gasteiger partial charge in [-0.3, -0.25) is 9.69 Å². The van der Waals surface area contributed by atoms with Gasteiger partial charge in [0.2, 0.25) is 11.8 Å². The van der Waals surface area contributed by atoms with E-state index in [1.165, 1.54) is 0 Å². The van der Waals surface area contributed by atoms with Crippen molar-refractivity contribution in [2.75, 3.05) is 46.9 Å². The number of carbonyl (C=O) groups is 1. The fourth-order valence-electron chi connectivity index (χ4n) is 2.69. The molecule has 0 atom stereocenters. The molecule has 0 saturated carbocycles. The van der Waals surface area contributed by atoms with E-state index >= 15 is 0 Å². The Morgan fingerprint density at radius 1 is 1.41 bits per heavy atom. The number of carbonyl (C=O) groups excluding carboxylic acids is 1. The maximum absolute atomic E-state index is 12.2. The normalized spacial score (nSPS) is 14.9. The Balaban J connectivity index is 0.00000242. The number of aryl methyl sites for hydroxylation is 2. The van der Waals surface area contributed by atoms with Gasteiger partial charge in [0.25, 0.3) is 0 Å². The summed E-state index contributed by atoms with van der Waals surface area (Å²) in [6.45, 7) is 6.38. The first-order valence-electron chi connectivity index (χ1n) is 7.26. The SMILES string of the molecule is COc1c(CN(C)CC(=O)N2CCNCC2)c(C)nn1C.Cl. The summed E-state index contributed by atoms with van der Waals surface area (Å²) in [5.41, 5.74) is 1.98. The summed E-state index contributed by atoms with van der Waals surface area (Å²) < 4.78 is 7.12. The summed E-state index contributed by atoms with van der Waals surface area (Å²) in [5.74, 6) is 0.938. The van der Waals surface area contributed by atoms with Gasteiger partial charge >= 0.3 is 0 Å². The molecular formula is C14H26ClN5O2. The number of likely N-dealkylation sites (N-methyl/N-ethyl adjacent to an activating group) is 1. The Bertz CT molecular complexity index is 500. The molecule has 1 aromatic rings. The molecule has 0 radical (unpaired) electrons. The number of amides is 1. The summed E-state index contributed by atoms with van der Waals surface area (Å²) in [6.07, 6.45) is 0. The Labute approximate surface area is 138 Å². The van der Waals surface area contributed by atoms with Gasteiger partial charge in [0.15, 0.2) is 0 Å². The number of aromatic nitrogens is 2. The van der Waals surface area contributed by atoms with E-state index in [0.717, 1.165) is 43.3 Å². The van der Waals surface area contributed by atoms with Crippen LogP contribution in [0, 0.1) is 6.92 Å². The zero-order chi connectivity index (χ0) is 15.4. The summed E-state index contributed by atoms with van der Waals surface area (Å²) in [7, 11) is 5.46. The first-order chi connectivity index (χ1) is 10.0. The molecule has 22 heavy (non-hydrogen) atoms. The average molecular weight is 332 g/mol. The Morgan fingerprint density at radius 2 is 2.05 bits per heavy atom. The number of rotatable bonds is 5. The number of halogens is 1. The minimum atomic E-state index is 0. The molecule has 1 aliphatic rings. The van der Waals surface area contributed by atoms with Crippen LogP contribution in [-0.2, 0) is 18.4 Å². The molecule has 0 aliphatic carbocycles. The lowest BCUT2D eigenvalue weighted by atomic mass is 10.2. The fourth-order valence-corrected chi connectivity index (χ4v) is 2.69. The predicted molar refractivity (Wildman–Crippen MR) is 87.5 cm³/mol. The quantitative estimate of drug-likeness (QED) is 0.824. The third kappa shape index (κ3) is 4.34. The molecule has 8 heteroatoms. The molecule has 1 saturated heterocycles. The van der Waals surface area contributed by atoms with Gasteiger partial charge in [-0.05, 0) is 14.0 Å². The van der Waals surface area contributed by atoms with Crippen molar-refractivity contribution in [3.8, 4) is 5.88 Å². The number of piperazine rings is 1. The van der Waals surface area contributed by atoms with Crippen LogP contribution in [0.4, 0.5) is 0 Å². The molecule has 0 spiro atoms. The van der Waals surface area contributed by atoms with Gasteiger partial charge < -0.3 is 15.0 Å². The Hall–Kier alpha value is -1.31. The maximum atomic E-state index is 12.2. The van der Waals surface area contributed by atoms with Crippen molar-refractivity contribution in [1.82, 2.24) is 24.9 Å². The molecule has 1 aliphatic heterocycles. The number of hydrogen-bond donors (Lipinski definition) is 1. The van der Waals surface area contributed by atoms with Crippen LogP contribution in [0.3, 0.4) is 0 Å². The summed E-state index contributed by atoms with van der Waals surface area (Å²) in [6, 6.07) is 0. The molecule has 126 valence electrons. The highest BCUT2D eigenvalue weighted by atomic mass is 35.5. The van der Waals surface area contributed by atoms with E-state index in [-0.39, 0.29) is 18.3 Å². The second-order valence-electron chi connectivity index (χ2n) is 5.50. The molecule has 2 heterocycles. The van der Waals surface area contributed by atoms with Gasteiger partial charge in [-0.2, -0.15) is 5.10 Å². The first kappa shape index (κ1) is 18.7. The maximum Gasteiger partial charge on any atom is 0.236 e. The van der Waals surface area contributed by atoms with Crippen molar-refractivity contribution >= 4 is 18.3 Å². The van der Waals surface area contributed by atoms with Gasteiger partial charge in [-0.25, -0.2) is 4.68 Å². The van der Waals surface area contributed by atoms with Crippen LogP contribution in [-0.4, -0.2) is 72.4 Å². The molecule has 0 aromatic carbocycles. The number of nitrogens with zero attached hydrogens (tertiary/aromatic N) is 4. The summed E-state index contributed by atoms with van der Waals surface area (Å²) in [5, 5.41) is 7.62. The second-order valence-corrected chi connectivity index (χ2v) is 5.50. The lowest BCUT2D eigenvalue weighted by Crippen LogP contribution is -2.49. The first-order valence-corrected chi connectivity index (χ1v) is 7.26. The predicted octanol–water partition coefficient (Wildman–Crippen LogP) is 0.0225. The lowest BCUT2D eigenvalue weighted by Gasteiger charge is -2.29. The highest BCUT2D eigenvalue weighted by molar-refractivity contribution is 5.85. The zero-order valence-electron chi connectivity index (χ0n) is 13.8. The average Bonchev–Trinajstić information content (AvgIpc) is 2.73. The van der Waals surface area contributed by atoms with Gasteiger partial charge in [-0.15, -0.1) is 12.4 Å². The van der Waals surface area contributed by atoms with Crippen LogP contribution in [0.1, 0.15) is 11.3 Å². The smallest absolute Gasteiger partial charge is 0.236 e. The number of hydrogen-bond acceptors (Lipinski definition) is 5. The van der Waals surface area contributed by atoms with E-state index in [4.69, 9.17) is 4.74 Å². The van der Waals surface area contributed by atoms with E-state index in [0.29, 0.717) is 13.1 Å². The van der Waals surface area contributed by atoms with Crippen molar-refractivity contribution in [3.05, 3.63) is 11.3 Å². The molecule has 1 amide bonds. The van der Waals surface area contributed by atoms with E-state index in [1.807, 2.05) is 30.8 Å². The third-order valence-corrected chi connectivity index (χ3v) is 3.79. The number of nitrogens with one attached hydrogen (secondary N) is 1. The third-order valence-electron chi connectivity index (χ3n) is 3.79. The van der Waals surface area contributed by atoms with Crippen LogP contribution in [0.25, 0.3) is 0 Å². The monoisotopic (exact) mass is 331 g/mol. The minimum Gasteiger partial charge on any atom is -0.481 e. The van der Waals surface area contributed by atoms with Gasteiger partial charge in [0.05, 0.1) is 24.9 Å². The van der Waals surface area contributed by atoms with E-state index < -0.39 is 0 Å².